The normalized spacial score (nSPS) is 40.4. The molecule has 118 valence electrons. The molecule has 0 spiro atoms. The summed E-state index contributed by atoms with van der Waals surface area (Å²) in [5.41, 5.74) is 0. The van der Waals surface area contributed by atoms with Crippen LogP contribution < -0.4 is 0 Å². The van der Waals surface area contributed by atoms with Crippen LogP contribution in [0.5, 0.6) is 0 Å². The summed E-state index contributed by atoms with van der Waals surface area (Å²) in [6.45, 7) is 7.15. The molecule has 2 aliphatic rings. The van der Waals surface area contributed by atoms with Crippen molar-refractivity contribution in [3.05, 3.63) is 0 Å². The summed E-state index contributed by atoms with van der Waals surface area (Å²) in [4.78, 5) is 0.577. The summed E-state index contributed by atoms with van der Waals surface area (Å²) in [7, 11) is 0. The van der Waals surface area contributed by atoms with E-state index in [0.29, 0.717) is 17.0 Å². The Hall–Kier alpha value is 0.440. The van der Waals surface area contributed by atoms with Crippen LogP contribution in [0.2, 0.25) is 0 Å². The third-order valence-corrected chi connectivity index (χ3v) is 6.48. The summed E-state index contributed by atoms with van der Waals surface area (Å²) >= 11 is 3.91. The molecule has 0 radical (unpaired) electrons. The molecule has 0 aromatic carbocycles. The van der Waals surface area contributed by atoms with Crippen LogP contribution in [0.25, 0.3) is 0 Å². The second-order valence-corrected chi connectivity index (χ2v) is 8.72. The smallest absolute Gasteiger partial charge is 0.0703 e. The van der Waals surface area contributed by atoms with Gasteiger partial charge in [-0.15, -0.1) is 0 Å². The van der Waals surface area contributed by atoms with Gasteiger partial charge in [0.25, 0.3) is 0 Å². The minimum Gasteiger partial charge on any atom is -0.374 e. The van der Waals surface area contributed by atoms with Gasteiger partial charge in [-0.25, -0.2) is 0 Å². The van der Waals surface area contributed by atoms with Crippen LogP contribution in [0.15, 0.2) is 0 Å². The molecular weight excluding hydrogens is 312 g/mol. The van der Waals surface area contributed by atoms with Crippen molar-refractivity contribution in [1.29, 1.82) is 0 Å². The van der Waals surface area contributed by atoms with E-state index >= 15 is 0 Å². The third kappa shape index (κ3) is 4.73. The molecule has 5 atom stereocenters. The van der Waals surface area contributed by atoms with Crippen LogP contribution in [0.3, 0.4) is 0 Å². The van der Waals surface area contributed by atoms with Crippen molar-refractivity contribution in [2.45, 2.75) is 95.6 Å². The van der Waals surface area contributed by atoms with E-state index < -0.39 is 0 Å². The van der Waals surface area contributed by atoms with Gasteiger partial charge in [0.1, 0.15) is 0 Å². The molecule has 0 bridgehead atoms. The van der Waals surface area contributed by atoms with E-state index in [-0.39, 0.29) is 0 Å². The summed E-state index contributed by atoms with van der Waals surface area (Å²) in [5.74, 6) is 2.38. The lowest BCUT2D eigenvalue weighted by Gasteiger charge is -2.40. The van der Waals surface area contributed by atoms with Gasteiger partial charge >= 0.3 is 0 Å². The van der Waals surface area contributed by atoms with E-state index in [1.165, 1.54) is 57.8 Å². The standard InChI is InChI=1S/C18H33BrO/c1-13(2)15-11-10-14(3)12-18(15)20-17-9-7-5-4-6-8-16(17)19/h13-18H,4-12H2,1-3H3. The van der Waals surface area contributed by atoms with Gasteiger partial charge in [-0.1, -0.05) is 68.8 Å². The molecule has 5 unspecified atom stereocenters. The predicted octanol–water partition coefficient (Wildman–Crippen LogP) is 5.95. The largest absolute Gasteiger partial charge is 0.374 e. The number of hydrogen-bond acceptors (Lipinski definition) is 1. The van der Waals surface area contributed by atoms with Gasteiger partial charge in [-0.2, -0.15) is 0 Å². The molecular formula is C18H33BrO. The first-order valence-corrected chi connectivity index (χ1v) is 9.79. The molecule has 1 nitrogen and oxygen atoms in total. The number of halogens is 1. The summed E-state index contributed by atoms with van der Waals surface area (Å²) in [6.07, 6.45) is 13.1. The molecule has 0 amide bonds. The molecule has 0 aromatic rings. The second-order valence-electron chi connectivity index (χ2n) is 7.55. The molecule has 20 heavy (non-hydrogen) atoms. The number of ether oxygens (including phenoxy) is 1. The Bertz CT molecular complexity index is 279. The van der Waals surface area contributed by atoms with Gasteiger partial charge in [0.15, 0.2) is 0 Å². The monoisotopic (exact) mass is 344 g/mol. The van der Waals surface area contributed by atoms with Gasteiger partial charge in [-0.3, -0.25) is 0 Å². The van der Waals surface area contributed by atoms with Crippen LogP contribution >= 0.6 is 15.9 Å². The van der Waals surface area contributed by atoms with Gasteiger partial charge < -0.3 is 4.74 Å². The molecule has 0 aromatic heterocycles. The third-order valence-electron chi connectivity index (χ3n) is 5.43. The Balaban J connectivity index is 1.96. The van der Waals surface area contributed by atoms with Crippen molar-refractivity contribution < 1.29 is 4.74 Å². The van der Waals surface area contributed by atoms with Gasteiger partial charge in [0.2, 0.25) is 0 Å². The summed E-state index contributed by atoms with van der Waals surface area (Å²) in [5, 5.41) is 0. The molecule has 2 fully saturated rings. The Morgan fingerprint density at radius 2 is 1.60 bits per heavy atom. The molecule has 2 rings (SSSR count). The Labute approximate surface area is 134 Å². The van der Waals surface area contributed by atoms with Crippen molar-refractivity contribution in [1.82, 2.24) is 0 Å². The van der Waals surface area contributed by atoms with Crippen molar-refractivity contribution in [3.63, 3.8) is 0 Å². The second kappa shape index (κ2) is 8.17. The van der Waals surface area contributed by atoms with Crippen molar-refractivity contribution in [3.8, 4) is 0 Å². The van der Waals surface area contributed by atoms with E-state index in [1.54, 1.807) is 0 Å². The lowest BCUT2D eigenvalue weighted by atomic mass is 9.75. The number of rotatable bonds is 3. The fourth-order valence-electron chi connectivity index (χ4n) is 4.05. The van der Waals surface area contributed by atoms with Gasteiger partial charge in [0, 0.05) is 4.83 Å². The average Bonchev–Trinajstić information content (AvgIpc) is 2.38. The molecule has 2 aliphatic carbocycles. The quantitative estimate of drug-likeness (QED) is 0.574. The molecule has 0 aliphatic heterocycles. The molecule has 0 N–H and O–H groups in total. The van der Waals surface area contributed by atoms with Gasteiger partial charge in [0.05, 0.1) is 12.2 Å². The van der Waals surface area contributed by atoms with Crippen molar-refractivity contribution >= 4 is 15.9 Å². The highest BCUT2D eigenvalue weighted by Gasteiger charge is 2.34. The van der Waals surface area contributed by atoms with E-state index in [9.17, 15) is 0 Å². The minimum absolute atomic E-state index is 0.451. The molecule has 0 heterocycles. The molecule has 2 heteroatoms. The Morgan fingerprint density at radius 1 is 0.900 bits per heavy atom. The lowest BCUT2D eigenvalue weighted by molar-refractivity contribution is -0.0843. The van der Waals surface area contributed by atoms with Crippen LogP contribution in [0.1, 0.15) is 78.6 Å². The molecule has 0 saturated heterocycles. The van der Waals surface area contributed by atoms with Crippen LogP contribution in [-0.4, -0.2) is 17.0 Å². The highest BCUT2D eigenvalue weighted by Crippen LogP contribution is 2.37. The maximum atomic E-state index is 6.68. The predicted molar refractivity (Wildman–Crippen MR) is 90.4 cm³/mol. The van der Waals surface area contributed by atoms with E-state index in [4.69, 9.17) is 4.74 Å². The number of hydrogen-bond donors (Lipinski definition) is 0. The summed E-state index contributed by atoms with van der Waals surface area (Å²) < 4.78 is 6.68. The molecule has 2 saturated carbocycles. The van der Waals surface area contributed by atoms with Crippen LogP contribution in [0.4, 0.5) is 0 Å². The zero-order valence-corrected chi connectivity index (χ0v) is 15.2. The van der Waals surface area contributed by atoms with Crippen LogP contribution in [-0.2, 0) is 4.74 Å². The highest BCUT2D eigenvalue weighted by atomic mass is 79.9. The fraction of sp³-hybridized carbons (Fsp3) is 1.00. The lowest BCUT2D eigenvalue weighted by Crippen LogP contribution is -2.39. The van der Waals surface area contributed by atoms with E-state index in [1.807, 2.05) is 0 Å². The zero-order valence-electron chi connectivity index (χ0n) is 13.6. The number of alkyl halides is 1. The first kappa shape index (κ1) is 16.8. The van der Waals surface area contributed by atoms with Gasteiger partial charge in [-0.05, 0) is 43.4 Å². The maximum Gasteiger partial charge on any atom is 0.0703 e. The fourth-order valence-corrected chi connectivity index (χ4v) is 4.77. The average molecular weight is 345 g/mol. The van der Waals surface area contributed by atoms with E-state index in [2.05, 4.69) is 36.7 Å². The Kier molecular flexibility index (Phi) is 6.87. The first-order chi connectivity index (χ1) is 9.58. The first-order valence-electron chi connectivity index (χ1n) is 8.87. The SMILES string of the molecule is CC1CCC(C(C)C)C(OC2CCCCCCC2Br)C1. The van der Waals surface area contributed by atoms with Crippen molar-refractivity contribution in [2.24, 2.45) is 17.8 Å². The maximum absolute atomic E-state index is 6.68. The zero-order chi connectivity index (χ0) is 14.5. The Morgan fingerprint density at radius 3 is 2.30 bits per heavy atom. The topological polar surface area (TPSA) is 9.23 Å². The highest BCUT2D eigenvalue weighted by molar-refractivity contribution is 9.09. The summed E-state index contributed by atoms with van der Waals surface area (Å²) in [6, 6.07) is 0. The van der Waals surface area contributed by atoms with Crippen molar-refractivity contribution in [2.75, 3.05) is 0 Å². The van der Waals surface area contributed by atoms with Crippen LogP contribution in [0, 0.1) is 17.8 Å². The van der Waals surface area contributed by atoms with E-state index in [0.717, 1.165) is 17.8 Å². The minimum atomic E-state index is 0.451.